The van der Waals surface area contributed by atoms with Crippen LogP contribution in [0.15, 0.2) is 156 Å². The van der Waals surface area contributed by atoms with Gasteiger partial charge in [-0.15, -0.1) is 11.3 Å². The van der Waals surface area contributed by atoms with Crippen LogP contribution in [0.4, 0.5) is 17.1 Å². The number of hydrogen-bond donors (Lipinski definition) is 0. The molecule has 228 valence electrons. The lowest BCUT2D eigenvalue weighted by molar-refractivity contribution is 0.669. The van der Waals surface area contributed by atoms with E-state index in [-0.39, 0.29) is 0 Å². The van der Waals surface area contributed by atoms with E-state index in [1.54, 1.807) is 0 Å². The van der Waals surface area contributed by atoms with Crippen LogP contribution >= 0.6 is 11.3 Å². The van der Waals surface area contributed by atoms with Crippen molar-refractivity contribution in [1.29, 1.82) is 0 Å². The van der Waals surface area contributed by atoms with Crippen molar-refractivity contribution in [1.82, 2.24) is 0 Å². The average Bonchev–Trinajstić information content (AvgIpc) is 3.69. The molecule has 1 atom stereocenters. The molecule has 0 saturated heterocycles. The first-order chi connectivity index (χ1) is 23.7. The van der Waals surface area contributed by atoms with E-state index in [0.29, 0.717) is 5.92 Å². The van der Waals surface area contributed by atoms with Crippen molar-refractivity contribution in [2.24, 2.45) is 5.92 Å². The van der Waals surface area contributed by atoms with Crippen LogP contribution in [0.2, 0.25) is 0 Å². The highest BCUT2D eigenvalue weighted by atomic mass is 32.1. The van der Waals surface area contributed by atoms with Crippen molar-refractivity contribution in [3.63, 3.8) is 0 Å². The molecule has 0 bridgehead atoms. The van der Waals surface area contributed by atoms with Gasteiger partial charge in [0.05, 0.1) is 0 Å². The zero-order valence-electron chi connectivity index (χ0n) is 26.5. The molecule has 0 spiro atoms. The monoisotopic (exact) mass is 633 g/mol. The van der Waals surface area contributed by atoms with Gasteiger partial charge in [0.1, 0.15) is 11.2 Å². The molecule has 2 nitrogen and oxygen atoms in total. The predicted molar refractivity (Wildman–Crippen MR) is 207 cm³/mol. The Hall–Kier alpha value is -5.64. The third-order valence-corrected chi connectivity index (χ3v) is 11.1. The lowest BCUT2D eigenvalue weighted by Crippen LogP contribution is -2.10. The smallest absolute Gasteiger partial charge is 0.136 e. The molecule has 1 aliphatic rings. The molecule has 1 unspecified atom stereocenters. The number of thiophene rings is 1. The molecule has 0 amide bonds. The second-order valence-corrected chi connectivity index (χ2v) is 14.1. The fourth-order valence-electron chi connectivity index (χ4n) is 7.46. The largest absolute Gasteiger partial charge is 0.456 e. The Bertz CT molecular complexity index is 2780. The van der Waals surface area contributed by atoms with E-state index in [0.717, 1.165) is 45.4 Å². The van der Waals surface area contributed by atoms with Gasteiger partial charge in [-0.25, -0.2) is 0 Å². The van der Waals surface area contributed by atoms with E-state index in [2.05, 4.69) is 151 Å². The van der Waals surface area contributed by atoms with Crippen LogP contribution in [0.1, 0.15) is 18.9 Å². The van der Waals surface area contributed by atoms with Crippen LogP contribution in [-0.2, 0) is 0 Å². The Labute approximate surface area is 282 Å². The zero-order chi connectivity index (χ0) is 31.8. The fraction of sp³-hybridized carbons (Fsp3) is 0.0667. The summed E-state index contributed by atoms with van der Waals surface area (Å²) in [4.78, 5) is 2.40. The van der Waals surface area contributed by atoms with Crippen LogP contribution < -0.4 is 4.90 Å². The second kappa shape index (κ2) is 10.7. The number of benzene rings is 7. The summed E-state index contributed by atoms with van der Waals surface area (Å²) in [6.45, 7) is 2.27. The molecule has 0 N–H and O–H groups in total. The number of allylic oxidation sites excluding steroid dienone is 4. The van der Waals surface area contributed by atoms with Crippen molar-refractivity contribution < 1.29 is 4.42 Å². The summed E-state index contributed by atoms with van der Waals surface area (Å²) in [7, 11) is 0. The SMILES string of the molecule is CC1C=CC(c2ccc(N(c3ccc4c(ccc5cc6c(cc54)oc4ccccc46)c3)c3ccc4c(c3)sc3ccccc34)cc2)=CC1. The highest BCUT2D eigenvalue weighted by Gasteiger charge is 2.17. The third kappa shape index (κ3) is 4.39. The first kappa shape index (κ1) is 27.5. The summed E-state index contributed by atoms with van der Waals surface area (Å²) < 4.78 is 8.90. The molecule has 1 aliphatic carbocycles. The fourth-order valence-corrected chi connectivity index (χ4v) is 8.60. The second-order valence-electron chi connectivity index (χ2n) is 13.0. The summed E-state index contributed by atoms with van der Waals surface area (Å²) in [6.07, 6.45) is 8.03. The molecule has 3 heteroatoms. The molecule has 0 aliphatic heterocycles. The molecule has 2 aromatic heterocycles. The lowest BCUT2D eigenvalue weighted by Gasteiger charge is -2.26. The quantitative estimate of drug-likeness (QED) is 0.179. The van der Waals surface area contributed by atoms with Crippen LogP contribution in [0.25, 0.3) is 69.2 Å². The number of anilines is 3. The molecule has 48 heavy (non-hydrogen) atoms. The maximum absolute atomic E-state index is 6.29. The number of hydrogen-bond acceptors (Lipinski definition) is 3. The molecule has 0 radical (unpaired) electrons. The normalized spacial score (nSPS) is 14.9. The Balaban J connectivity index is 1.13. The summed E-state index contributed by atoms with van der Waals surface area (Å²) in [5.41, 5.74) is 7.82. The van der Waals surface area contributed by atoms with E-state index in [1.165, 1.54) is 52.9 Å². The first-order valence-electron chi connectivity index (χ1n) is 16.6. The number of furan rings is 1. The molecule has 9 aromatic rings. The zero-order valence-corrected chi connectivity index (χ0v) is 27.3. The van der Waals surface area contributed by atoms with Gasteiger partial charge < -0.3 is 9.32 Å². The number of para-hydroxylation sites is 1. The molecule has 0 saturated carbocycles. The molecule has 7 aromatic carbocycles. The van der Waals surface area contributed by atoms with Gasteiger partial charge in [-0.1, -0.05) is 97.9 Å². The van der Waals surface area contributed by atoms with Crippen molar-refractivity contribution >= 4 is 97.6 Å². The molecular weight excluding hydrogens is 603 g/mol. The van der Waals surface area contributed by atoms with Crippen LogP contribution in [0.3, 0.4) is 0 Å². The molecule has 10 rings (SSSR count). The van der Waals surface area contributed by atoms with Crippen LogP contribution in [-0.4, -0.2) is 0 Å². The number of fused-ring (bicyclic) bond motifs is 9. The Morgan fingerprint density at radius 3 is 2.10 bits per heavy atom. The van der Waals surface area contributed by atoms with E-state index in [9.17, 15) is 0 Å². The maximum atomic E-state index is 6.29. The minimum Gasteiger partial charge on any atom is -0.456 e. The highest BCUT2D eigenvalue weighted by molar-refractivity contribution is 7.25. The first-order valence-corrected chi connectivity index (χ1v) is 17.5. The van der Waals surface area contributed by atoms with E-state index >= 15 is 0 Å². The molecular formula is C45H31NOS. The van der Waals surface area contributed by atoms with E-state index < -0.39 is 0 Å². The van der Waals surface area contributed by atoms with Gasteiger partial charge in [-0.05, 0) is 106 Å². The Kier molecular flexibility index (Phi) is 6.12. The summed E-state index contributed by atoms with van der Waals surface area (Å²) in [5.74, 6) is 0.599. The average molecular weight is 634 g/mol. The third-order valence-electron chi connectivity index (χ3n) is 9.97. The molecule has 2 heterocycles. The van der Waals surface area contributed by atoms with E-state index in [1.807, 2.05) is 23.5 Å². The number of rotatable bonds is 4. The van der Waals surface area contributed by atoms with Crippen molar-refractivity contribution in [3.05, 3.63) is 157 Å². The van der Waals surface area contributed by atoms with Crippen molar-refractivity contribution in [2.45, 2.75) is 13.3 Å². The van der Waals surface area contributed by atoms with Gasteiger partial charge in [0.2, 0.25) is 0 Å². The minimum atomic E-state index is 0.599. The summed E-state index contributed by atoms with van der Waals surface area (Å²) in [5, 5.41) is 9.79. The van der Waals surface area contributed by atoms with Crippen LogP contribution in [0.5, 0.6) is 0 Å². The molecule has 0 fully saturated rings. The van der Waals surface area contributed by atoms with Gasteiger partial charge >= 0.3 is 0 Å². The standard InChI is InChI=1S/C45H31NOS/c1-28-10-12-29(13-11-28)30-16-18-33(19-17-30)46(35-21-23-39-38-7-3-5-9-44(38)48-45(39)26-35)34-20-22-36-31(24-34)14-15-32-25-41-37-6-2-4-8-42(37)47-43(41)27-40(32)36/h2-10,12-28H,11H2,1H3. The minimum absolute atomic E-state index is 0.599. The van der Waals surface area contributed by atoms with Crippen molar-refractivity contribution in [3.8, 4) is 0 Å². The predicted octanol–water partition coefficient (Wildman–Crippen LogP) is 13.7. The summed E-state index contributed by atoms with van der Waals surface area (Å²) in [6, 6.07) is 48.8. The van der Waals surface area contributed by atoms with Gasteiger partial charge in [-0.3, -0.25) is 0 Å². The topological polar surface area (TPSA) is 16.4 Å². The van der Waals surface area contributed by atoms with Crippen LogP contribution in [0, 0.1) is 5.92 Å². The van der Waals surface area contributed by atoms with Gasteiger partial charge in [0.15, 0.2) is 0 Å². The Morgan fingerprint density at radius 1 is 0.562 bits per heavy atom. The van der Waals surface area contributed by atoms with Gasteiger partial charge in [-0.2, -0.15) is 0 Å². The van der Waals surface area contributed by atoms with Gasteiger partial charge in [0.25, 0.3) is 0 Å². The lowest BCUT2D eigenvalue weighted by atomic mass is 9.94. The number of nitrogens with zero attached hydrogens (tertiary/aromatic N) is 1. The Morgan fingerprint density at radius 2 is 1.27 bits per heavy atom. The summed E-state index contributed by atoms with van der Waals surface area (Å²) >= 11 is 1.86. The van der Waals surface area contributed by atoms with Gasteiger partial charge in [0, 0.05) is 48.0 Å². The maximum Gasteiger partial charge on any atom is 0.136 e. The van der Waals surface area contributed by atoms with Crippen molar-refractivity contribution in [2.75, 3.05) is 4.90 Å². The van der Waals surface area contributed by atoms with E-state index in [4.69, 9.17) is 4.42 Å². The highest BCUT2D eigenvalue weighted by Crippen LogP contribution is 2.43.